The molecule has 0 N–H and O–H groups in total. The molecule has 29 heavy (non-hydrogen) atoms. The Labute approximate surface area is 161 Å². The number of alkyl halides is 6. The predicted molar refractivity (Wildman–Crippen MR) is 87.6 cm³/mol. The van der Waals surface area contributed by atoms with Gasteiger partial charge in [-0.25, -0.2) is 4.98 Å². The van der Waals surface area contributed by atoms with Crippen molar-refractivity contribution in [2.45, 2.75) is 12.4 Å². The second-order valence-electron chi connectivity index (χ2n) is 5.70. The van der Waals surface area contributed by atoms with Crippen molar-refractivity contribution in [2.75, 3.05) is 0 Å². The van der Waals surface area contributed by atoms with Crippen molar-refractivity contribution in [2.24, 2.45) is 0 Å². The lowest BCUT2D eigenvalue weighted by atomic mass is 10.1. The average molecular weight is 438 g/mol. The molecule has 3 rings (SSSR count). The molecule has 152 valence electrons. The van der Waals surface area contributed by atoms with Gasteiger partial charge in [-0.05, 0) is 30.3 Å². The van der Waals surface area contributed by atoms with Crippen LogP contribution in [0.15, 0.2) is 36.4 Å². The van der Waals surface area contributed by atoms with Crippen LogP contribution in [0.2, 0.25) is 5.02 Å². The number of halogens is 7. The number of non-ortho nitro benzene ring substituents is 1. The molecular formula is C16H6ClF6N3O3. The van der Waals surface area contributed by atoms with Crippen molar-refractivity contribution >= 4 is 34.2 Å². The number of fused-ring (bicyclic) bond motifs is 1. The minimum Gasteiger partial charge on any atom is -0.268 e. The fourth-order valence-corrected chi connectivity index (χ4v) is 2.71. The Morgan fingerprint density at radius 1 is 1.03 bits per heavy atom. The number of hydrogen-bond acceptors (Lipinski definition) is 4. The van der Waals surface area contributed by atoms with E-state index in [-0.39, 0.29) is 27.3 Å². The van der Waals surface area contributed by atoms with Crippen LogP contribution in [0.4, 0.5) is 32.0 Å². The summed E-state index contributed by atoms with van der Waals surface area (Å²) in [5.74, 6) is -3.28. The van der Waals surface area contributed by atoms with Gasteiger partial charge in [0.05, 0.1) is 16.0 Å². The van der Waals surface area contributed by atoms with Crippen molar-refractivity contribution in [3.63, 3.8) is 0 Å². The number of rotatable bonds is 2. The molecule has 0 bridgehead atoms. The molecule has 0 radical (unpaired) electrons. The number of aromatic nitrogens is 2. The lowest BCUT2D eigenvalue weighted by molar-refractivity contribution is -0.383. The van der Waals surface area contributed by atoms with Crippen LogP contribution >= 0.6 is 11.6 Å². The molecule has 1 heterocycles. The maximum atomic E-state index is 13.4. The zero-order valence-electron chi connectivity index (χ0n) is 13.7. The molecule has 0 saturated carbocycles. The Hall–Kier alpha value is -3.15. The highest BCUT2D eigenvalue weighted by Gasteiger charge is 2.42. The summed E-state index contributed by atoms with van der Waals surface area (Å²) in [4.78, 5) is 25.6. The van der Waals surface area contributed by atoms with Gasteiger partial charge in [-0.2, -0.15) is 26.3 Å². The van der Waals surface area contributed by atoms with Crippen LogP contribution in [0.3, 0.4) is 0 Å². The third-order valence-electron chi connectivity index (χ3n) is 3.81. The van der Waals surface area contributed by atoms with E-state index in [0.29, 0.717) is 0 Å². The fourth-order valence-electron chi connectivity index (χ4n) is 2.58. The first kappa shape index (κ1) is 20.6. The molecule has 0 atom stereocenters. The number of carbonyl (C=O) groups is 1. The quantitative estimate of drug-likeness (QED) is 0.309. The fraction of sp³-hybridized carbons (Fsp3) is 0.125. The molecule has 2 aromatic carbocycles. The zero-order valence-corrected chi connectivity index (χ0v) is 14.4. The summed E-state index contributed by atoms with van der Waals surface area (Å²) in [7, 11) is 0. The standard InChI is InChI=1S/C16H6ClF6N3O3/c17-9-3-1-7(2-4-9)13(27)25-10-5-8(15(18,19)20)6-11(26(28)29)12(10)24-14(25)16(21,22)23/h1-6H. The van der Waals surface area contributed by atoms with E-state index >= 15 is 0 Å². The summed E-state index contributed by atoms with van der Waals surface area (Å²) in [5, 5.41) is 11.3. The van der Waals surface area contributed by atoms with Gasteiger partial charge in [0.1, 0.15) is 0 Å². The highest BCUT2D eigenvalue weighted by molar-refractivity contribution is 6.30. The van der Waals surface area contributed by atoms with Crippen LogP contribution in [-0.4, -0.2) is 20.4 Å². The molecule has 0 saturated heterocycles. The van der Waals surface area contributed by atoms with Gasteiger partial charge in [0, 0.05) is 16.7 Å². The van der Waals surface area contributed by atoms with E-state index < -0.39 is 51.3 Å². The number of hydrogen-bond donors (Lipinski definition) is 0. The van der Waals surface area contributed by atoms with E-state index in [2.05, 4.69) is 4.98 Å². The van der Waals surface area contributed by atoms with E-state index in [0.717, 1.165) is 12.1 Å². The number of nitro groups is 1. The summed E-state index contributed by atoms with van der Waals surface area (Å²) in [6.45, 7) is 0. The van der Waals surface area contributed by atoms with Crippen LogP contribution in [-0.2, 0) is 12.4 Å². The minimum absolute atomic E-state index is 0.0621. The Morgan fingerprint density at radius 3 is 2.10 bits per heavy atom. The molecule has 1 aromatic heterocycles. The number of carbonyl (C=O) groups excluding carboxylic acids is 1. The topological polar surface area (TPSA) is 78.0 Å². The highest BCUT2D eigenvalue weighted by Crippen LogP contribution is 2.39. The van der Waals surface area contributed by atoms with Crippen LogP contribution in [0.25, 0.3) is 11.0 Å². The second kappa shape index (κ2) is 6.72. The molecule has 0 spiro atoms. The molecule has 0 aliphatic heterocycles. The van der Waals surface area contributed by atoms with Gasteiger partial charge in [-0.15, -0.1) is 0 Å². The monoisotopic (exact) mass is 437 g/mol. The molecule has 0 aliphatic rings. The van der Waals surface area contributed by atoms with Crippen LogP contribution in [0, 0.1) is 10.1 Å². The van der Waals surface area contributed by atoms with Crippen LogP contribution < -0.4 is 0 Å². The minimum atomic E-state index is -5.28. The van der Waals surface area contributed by atoms with Gasteiger partial charge in [0.2, 0.25) is 5.82 Å². The molecule has 0 aliphatic carbocycles. The molecule has 6 nitrogen and oxygen atoms in total. The van der Waals surface area contributed by atoms with Crippen molar-refractivity contribution in [1.29, 1.82) is 0 Å². The molecule has 3 aromatic rings. The Bertz CT molecular complexity index is 1140. The Morgan fingerprint density at radius 2 is 1.62 bits per heavy atom. The van der Waals surface area contributed by atoms with E-state index in [9.17, 15) is 41.3 Å². The summed E-state index contributed by atoms with van der Waals surface area (Å²) in [5.41, 5.74) is -5.27. The SMILES string of the molecule is O=C(c1ccc(Cl)cc1)n1c(C(F)(F)F)nc2c([N+](=O)[O-])cc(C(F)(F)F)cc21. The Balaban J connectivity index is 2.42. The van der Waals surface area contributed by atoms with E-state index in [4.69, 9.17) is 11.6 Å². The van der Waals surface area contributed by atoms with Gasteiger partial charge in [-0.3, -0.25) is 19.5 Å². The average Bonchev–Trinajstić information content (AvgIpc) is 2.99. The number of imidazole rings is 1. The van der Waals surface area contributed by atoms with Gasteiger partial charge < -0.3 is 0 Å². The third-order valence-corrected chi connectivity index (χ3v) is 4.06. The smallest absolute Gasteiger partial charge is 0.268 e. The van der Waals surface area contributed by atoms with Crippen molar-refractivity contribution in [1.82, 2.24) is 9.55 Å². The predicted octanol–water partition coefficient (Wildman–Crippen LogP) is 5.32. The summed E-state index contributed by atoms with van der Waals surface area (Å²) < 4.78 is 79.6. The van der Waals surface area contributed by atoms with Crippen LogP contribution in [0.1, 0.15) is 21.7 Å². The molecular weight excluding hydrogens is 432 g/mol. The van der Waals surface area contributed by atoms with Crippen molar-refractivity contribution in [3.8, 4) is 0 Å². The Kier molecular flexibility index (Phi) is 4.77. The summed E-state index contributed by atoms with van der Waals surface area (Å²) in [6.07, 6.45) is -10.4. The summed E-state index contributed by atoms with van der Waals surface area (Å²) in [6, 6.07) is 4.75. The van der Waals surface area contributed by atoms with Gasteiger partial charge >= 0.3 is 12.4 Å². The highest BCUT2D eigenvalue weighted by atomic mass is 35.5. The molecule has 0 unspecified atom stereocenters. The molecule has 0 fully saturated rings. The third kappa shape index (κ3) is 3.75. The van der Waals surface area contributed by atoms with E-state index in [1.807, 2.05) is 0 Å². The summed E-state index contributed by atoms with van der Waals surface area (Å²) >= 11 is 5.66. The van der Waals surface area contributed by atoms with Gasteiger partial charge in [0.15, 0.2) is 5.52 Å². The van der Waals surface area contributed by atoms with Crippen LogP contribution in [0.5, 0.6) is 0 Å². The normalized spacial score (nSPS) is 12.4. The first-order chi connectivity index (χ1) is 13.3. The number of benzene rings is 2. The first-order valence-electron chi connectivity index (χ1n) is 7.46. The number of nitrogens with zero attached hydrogens (tertiary/aromatic N) is 3. The lowest BCUT2D eigenvalue weighted by Crippen LogP contribution is -2.21. The zero-order chi connectivity index (χ0) is 21.7. The second-order valence-corrected chi connectivity index (χ2v) is 6.14. The van der Waals surface area contributed by atoms with Gasteiger partial charge in [-0.1, -0.05) is 11.6 Å². The van der Waals surface area contributed by atoms with Crippen molar-refractivity contribution in [3.05, 3.63) is 68.5 Å². The maximum absolute atomic E-state index is 13.4. The molecule has 13 heteroatoms. The maximum Gasteiger partial charge on any atom is 0.450 e. The lowest BCUT2D eigenvalue weighted by Gasteiger charge is -2.11. The van der Waals surface area contributed by atoms with E-state index in [1.54, 1.807) is 0 Å². The largest absolute Gasteiger partial charge is 0.450 e. The number of nitro benzene ring substituents is 1. The van der Waals surface area contributed by atoms with E-state index in [1.165, 1.54) is 12.1 Å². The molecule has 0 amide bonds. The first-order valence-corrected chi connectivity index (χ1v) is 7.84. The van der Waals surface area contributed by atoms with Gasteiger partial charge in [0.25, 0.3) is 11.6 Å². The van der Waals surface area contributed by atoms with Crippen molar-refractivity contribution < 1.29 is 36.1 Å².